The summed E-state index contributed by atoms with van der Waals surface area (Å²) in [6.45, 7) is 3.29. The average molecular weight is 396 g/mol. The number of para-hydroxylation sites is 2. The molecule has 0 N–H and O–H groups in total. The molecule has 7 heteroatoms. The molecule has 3 aromatic rings. The molecule has 0 radical (unpaired) electrons. The average Bonchev–Trinajstić information content (AvgIpc) is 2.89. The van der Waals surface area contributed by atoms with Crippen molar-refractivity contribution in [3.05, 3.63) is 70.4 Å². The highest BCUT2D eigenvalue weighted by Crippen LogP contribution is 2.14. The number of carbonyl (C=O) groups is 1. The van der Waals surface area contributed by atoms with Crippen molar-refractivity contribution in [3.8, 4) is 0 Å². The van der Waals surface area contributed by atoms with Crippen molar-refractivity contribution >= 4 is 16.9 Å². The number of hydrogen-bond acceptors (Lipinski definition) is 3. The molecule has 0 spiro atoms. The minimum atomic E-state index is -0.194. The molecule has 0 saturated carbocycles. The van der Waals surface area contributed by atoms with Crippen LogP contribution in [0.1, 0.15) is 12.0 Å². The lowest BCUT2D eigenvalue weighted by molar-refractivity contribution is -0.131. The summed E-state index contributed by atoms with van der Waals surface area (Å²) >= 11 is 0. The van der Waals surface area contributed by atoms with Gasteiger partial charge in [-0.3, -0.25) is 18.8 Å². The molecule has 2 aromatic carbocycles. The van der Waals surface area contributed by atoms with Crippen molar-refractivity contribution in [3.63, 3.8) is 0 Å². The third-order valence-electron chi connectivity index (χ3n) is 5.64. The van der Waals surface area contributed by atoms with Crippen LogP contribution in [0.3, 0.4) is 0 Å². The molecule has 6 nitrogen and oxygen atoms in total. The minimum Gasteiger partial charge on any atom is -0.340 e. The normalized spacial score (nSPS) is 15.6. The predicted molar refractivity (Wildman–Crippen MR) is 110 cm³/mol. The minimum absolute atomic E-state index is 0.0352. The molecular formula is C22H25FN4O2. The maximum absolute atomic E-state index is 13.9. The number of aryl methyl sites for hydroxylation is 1. The lowest BCUT2D eigenvalue weighted by Crippen LogP contribution is -2.39. The Kier molecular flexibility index (Phi) is 5.49. The molecule has 1 saturated heterocycles. The first kappa shape index (κ1) is 19.4. The Labute approximate surface area is 168 Å². The van der Waals surface area contributed by atoms with Crippen molar-refractivity contribution in [1.82, 2.24) is 18.9 Å². The largest absolute Gasteiger partial charge is 0.340 e. The summed E-state index contributed by atoms with van der Waals surface area (Å²) < 4.78 is 17.0. The van der Waals surface area contributed by atoms with Gasteiger partial charge < -0.3 is 4.90 Å². The van der Waals surface area contributed by atoms with Gasteiger partial charge in [-0.1, -0.05) is 30.3 Å². The van der Waals surface area contributed by atoms with Crippen LogP contribution in [-0.4, -0.2) is 51.0 Å². The van der Waals surface area contributed by atoms with Crippen LogP contribution < -0.4 is 5.69 Å². The molecule has 1 fully saturated rings. The molecule has 29 heavy (non-hydrogen) atoms. The van der Waals surface area contributed by atoms with Crippen molar-refractivity contribution in [2.24, 2.45) is 7.05 Å². The summed E-state index contributed by atoms with van der Waals surface area (Å²) in [6, 6.07) is 14.3. The van der Waals surface area contributed by atoms with Crippen LogP contribution in [0, 0.1) is 5.82 Å². The Hall–Kier alpha value is -2.93. The molecule has 1 aliphatic rings. The second kappa shape index (κ2) is 8.21. The second-order valence-electron chi connectivity index (χ2n) is 7.52. The zero-order chi connectivity index (χ0) is 20.4. The summed E-state index contributed by atoms with van der Waals surface area (Å²) in [6.07, 6.45) is 0.824. The van der Waals surface area contributed by atoms with E-state index in [2.05, 4.69) is 4.90 Å². The van der Waals surface area contributed by atoms with E-state index in [1.54, 1.807) is 28.3 Å². The van der Waals surface area contributed by atoms with E-state index in [0.29, 0.717) is 31.7 Å². The van der Waals surface area contributed by atoms with E-state index in [4.69, 9.17) is 0 Å². The van der Waals surface area contributed by atoms with E-state index in [1.807, 2.05) is 35.2 Å². The number of rotatable bonds is 4. The number of amides is 1. The topological polar surface area (TPSA) is 50.5 Å². The molecule has 1 aliphatic heterocycles. The fourth-order valence-electron chi connectivity index (χ4n) is 4.00. The number of nitrogens with zero attached hydrogens (tertiary/aromatic N) is 4. The summed E-state index contributed by atoms with van der Waals surface area (Å²) in [5, 5.41) is 0. The monoisotopic (exact) mass is 396 g/mol. The molecule has 1 aromatic heterocycles. The van der Waals surface area contributed by atoms with Gasteiger partial charge >= 0.3 is 5.69 Å². The lowest BCUT2D eigenvalue weighted by atomic mass is 10.2. The van der Waals surface area contributed by atoms with Gasteiger partial charge in [0.25, 0.3) is 0 Å². The van der Waals surface area contributed by atoms with Gasteiger partial charge in [-0.25, -0.2) is 9.18 Å². The molecule has 0 unspecified atom stereocenters. The van der Waals surface area contributed by atoms with E-state index in [1.165, 1.54) is 6.07 Å². The zero-order valence-corrected chi connectivity index (χ0v) is 16.6. The highest BCUT2D eigenvalue weighted by Gasteiger charge is 2.22. The Bertz CT molecular complexity index is 1090. The second-order valence-corrected chi connectivity index (χ2v) is 7.52. The molecule has 2 heterocycles. The first-order chi connectivity index (χ1) is 14.0. The third kappa shape index (κ3) is 3.96. The summed E-state index contributed by atoms with van der Waals surface area (Å²) in [5.41, 5.74) is 2.08. The van der Waals surface area contributed by atoms with Gasteiger partial charge in [0.2, 0.25) is 5.91 Å². The van der Waals surface area contributed by atoms with Crippen LogP contribution in [0.5, 0.6) is 0 Å². The Morgan fingerprint density at radius 3 is 2.48 bits per heavy atom. The molecule has 0 aliphatic carbocycles. The standard InChI is InChI=1S/C22H25FN4O2/c1-24-19-9-4-5-10-20(19)27(22(24)29)16-21(28)26-12-6-11-25(13-14-26)15-17-7-2-3-8-18(17)23/h2-5,7-10H,6,11-16H2,1H3. The van der Waals surface area contributed by atoms with Crippen molar-refractivity contribution in [1.29, 1.82) is 0 Å². The van der Waals surface area contributed by atoms with Gasteiger partial charge in [-0.05, 0) is 24.6 Å². The fourth-order valence-corrected chi connectivity index (χ4v) is 4.00. The van der Waals surface area contributed by atoms with E-state index >= 15 is 0 Å². The molecule has 0 atom stereocenters. The SMILES string of the molecule is Cn1c(=O)n(CC(=O)N2CCCN(Cc3ccccc3F)CC2)c2ccccc21. The van der Waals surface area contributed by atoms with Gasteiger partial charge in [0, 0.05) is 45.3 Å². The third-order valence-corrected chi connectivity index (χ3v) is 5.64. The Morgan fingerprint density at radius 2 is 1.69 bits per heavy atom. The number of benzene rings is 2. The highest BCUT2D eigenvalue weighted by molar-refractivity contribution is 5.81. The van der Waals surface area contributed by atoms with Gasteiger partial charge in [0.1, 0.15) is 12.4 Å². The van der Waals surface area contributed by atoms with E-state index in [-0.39, 0.29) is 24.0 Å². The maximum Gasteiger partial charge on any atom is 0.329 e. The predicted octanol–water partition coefficient (Wildman–Crippen LogP) is 2.21. The van der Waals surface area contributed by atoms with Crippen LogP contribution in [-0.2, 0) is 24.9 Å². The van der Waals surface area contributed by atoms with Crippen LogP contribution in [0.15, 0.2) is 53.3 Å². The summed E-state index contributed by atoms with van der Waals surface area (Å²) in [4.78, 5) is 29.5. The lowest BCUT2D eigenvalue weighted by Gasteiger charge is -2.22. The molecule has 4 rings (SSSR count). The molecule has 0 bridgehead atoms. The van der Waals surface area contributed by atoms with Crippen LogP contribution in [0.25, 0.3) is 11.0 Å². The Balaban J connectivity index is 1.44. The maximum atomic E-state index is 13.9. The fraction of sp³-hybridized carbons (Fsp3) is 0.364. The van der Waals surface area contributed by atoms with Crippen molar-refractivity contribution < 1.29 is 9.18 Å². The van der Waals surface area contributed by atoms with Crippen LogP contribution >= 0.6 is 0 Å². The van der Waals surface area contributed by atoms with Crippen LogP contribution in [0.2, 0.25) is 0 Å². The molecule has 1 amide bonds. The first-order valence-corrected chi connectivity index (χ1v) is 9.92. The number of hydrogen-bond donors (Lipinski definition) is 0. The first-order valence-electron chi connectivity index (χ1n) is 9.92. The van der Waals surface area contributed by atoms with Crippen molar-refractivity contribution in [2.45, 2.75) is 19.5 Å². The molecule has 152 valence electrons. The summed E-state index contributed by atoms with van der Waals surface area (Å²) in [7, 11) is 1.72. The van der Waals surface area contributed by atoms with Gasteiger partial charge in [-0.2, -0.15) is 0 Å². The number of carbonyl (C=O) groups excluding carboxylic acids is 1. The van der Waals surface area contributed by atoms with Crippen molar-refractivity contribution in [2.75, 3.05) is 26.2 Å². The van der Waals surface area contributed by atoms with Crippen LogP contribution in [0.4, 0.5) is 4.39 Å². The summed E-state index contributed by atoms with van der Waals surface area (Å²) in [5.74, 6) is -0.254. The number of fused-ring (bicyclic) bond motifs is 1. The number of imidazole rings is 1. The Morgan fingerprint density at radius 1 is 0.966 bits per heavy atom. The molecular weight excluding hydrogens is 371 g/mol. The van der Waals surface area contributed by atoms with E-state index in [9.17, 15) is 14.0 Å². The highest BCUT2D eigenvalue weighted by atomic mass is 19.1. The number of aromatic nitrogens is 2. The van der Waals surface area contributed by atoms with E-state index < -0.39 is 0 Å². The van der Waals surface area contributed by atoms with E-state index in [0.717, 1.165) is 24.0 Å². The zero-order valence-electron chi connectivity index (χ0n) is 16.6. The smallest absolute Gasteiger partial charge is 0.329 e. The number of halogens is 1. The quantitative estimate of drug-likeness (QED) is 0.680. The van der Waals surface area contributed by atoms with Gasteiger partial charge in [0.05, 0.1) is 11.0 Å². The van der Waals surface area contributed by atoms with Gasteiger partial charge in [0.15, 0.2) is 0 Å². The van der Waals surface area contributed by atoms with Gasteiger partial charge in [-0.15, -0.1) is 0 Å².